The first kappa shape index (κ1) is 14.4. The number of nitrogens with one attached hydrogen (secondary N) is 1. The first-order chi connectivity index (χ1) is 10.6. The summed E-state index contributed by atoms with van der Waals surface area (Å²) in [6.45, 7) is 3.24. The first-order valence-corrected chi connectivity index (χ1v) is 7.41. The van der Waals surface area contributed by atoms with E-state index < -0.39 is 0 Å². The van der Waals surface area contributed by atoms with Gasteiger partial charge in [-0.05, 0) is 13.0 Å². The number of rotatable bonds is 3. The molecular weight excluding hydrogens is 278 g/mol. The molecule has 0 bridgehead atoms. The summed E-state index contributed by atoms with van der Waals surface area (Å²) in [6.07, 6.45) is 2.70. The molecule has 3 rings (SSSR count). The van der Waals surface area contributed by atoms with Crippen LogP contribution in [0, 0.1) is 6.92 Å². The quantitative estimate of drug-likeness (QED) is 0.667. The molecule has 6 nitrogen and oxygen atoms in total. The van der Waals surface area contributed by atoms with E-state index >= 15 is 0 Å². The monoisotopic (exact) mass is 299 g/mol. The SMILES string of the molecule is Cc1c(CN=C(N)NC2CCOc3ccccc32)cnn1C. The van der Waals surface area contributed by atoms with E-state index in [9.17, 15) is 0 Å². The van der Waals surface area contributed by atoms with Gasteiger partial charge in [-0.3, -0.25) is 4.68 Å². The summed E-state index contributed by atoms with van der Waals surface area (Å²) in [5, 5.41) is 7.50. The molecule has 1 aromatic carbocycles. The Morgan fingerprint density at radius 2 is 2.32 bits per heavy atom. The lowest BCUT2D eigenvalue weighted by atomic mass is 10.0. The molecular formula is C16H21N5O. The molecule has 0 fully saturated rings. The Kier molecular flexibility index (Phi) is 4.00. The van der Waals surface area contributed by atoms with Gasteiger partial charge in [-0.1, -0.05) is 18.2 Å². The van der Waals surface area contributed by atoms with Gasteiger partial charge in [-0.25, -0.2) is 4.99 Å². The molecule has 116 valence electrons. The van der Waals surface area contributed by atoms with Crippen LogP contribution in [-0.4, -0.2) is 22.3 Å². The van der Waals surface area contributed by atoms with Crippen molar-refractivity contribution in [2.45, 2.75) is 25.9 Å². The van der Waals surface area contributed by atoms with Gasteiger partial charge >= 0.3 is 0 Å². The zero-order valence-corrected chi connectivity index (χ0v) is 12.9. The van der Waals surface area contributed by atoms with Crippen LogP contribution in [0.25, 0.3) is 0 Å². The molecule has 0 saturated carbocycles. The lowest BCUT2D eigenvalue weighted by Crippen LogP contribution is -2.37. The molecule has 2 aromatic rings. The van der Waals surface area contributed by atoms with E-state index in [0.717, 1.165) is 29.0 Å². The molecule has 1 aliphatic rings. The molecule has 3 N–H and O–H groups in total. The Bertz CT molecular complexity index is 692. The third kappa shape index (κ3) is 2.90. The third-order valence-corrected chi connectivity index (χ3v) is 4.04. The number of nitrogens with zero attached hydrogens (tertiary/aromatic N) is 3. The van der Waals surface area contributed by atoms with E-state index in [1.807, 2.05) is 43.0 Å². The molecule has 0 spiro atoms. The summed E-state index contributed by atoms with van der Waals surface area (Å²) >= 11 is 0. The zero-order valence-electron chi connectivity index (χ0n) is 12.9. The Hall–Kier alpha value is -2.50. The highest BCUT2D eigenvalue weighted by Crippen LogP contribution is 2.31. The predicted molar refractivity (Wildman–Crippen MR) is 85.7 cm³/mol. The minimum atomic E-state index is 0.142. The predicted octanol–water partition coefficient (Wildman–Crippen LogP) is 1.66. The largest absolute Gasteiger partial charge is 0.493 e. The average molecular weight is 299 g/mol. The van der Waals surface area contributed by atoms with Gasteiger partial charge in [0, 0.05) is 30.3 Å². The maximum absolute atomic E-state index is 6.04. The number of ether oxygens (including phenoxy) is 1. The second-order valence-corrected chi connectivity index (χ2v) is 5.45. The summed E-state index contributed by atoms with van der Waals surface area (Å²) in [5.41, 5.74) is 9.35. The highest BCUT2D eigenvalue weighted by Gasteiger charge is 2.21. The normalized spacial score (nSPS) is 17.7. The standard InChI is InChI=1S/C16H21N5O/c1-11-12(10-19-21(11)2)9-18-16(17)20-14-7-8-22-15-6-4-3-5-13(14)15/h3-6,10,14H,7-9H2,1-2H3,(H3,17,18,20). The van der Waals surface area contributed by atoms with Crippen LogP contribution in [0.2, 0.25) is 0 Å². The van der Waals surface area contributed by atoms with Crippen LogP contribution in [0.3, 0.4) is 0 Å². The van der Waals surface area contributed by atoms with Gasteiger partial charge in [-0.15, -0.1) is 0 Å². The number of guanidine groups is 1. The number of aliphatic imine (C=N–C) groups is 1. The maximum Gasteiger partial charge on any atom is 0.189 e. The molecule has 1 atom stereocenters. The van der Waals surface area contributed by atoms with Crippen molar-refractivity contribution in [3.05, 3.63) is 47.3 Å². The van der Waals surface area contributed by atoms with E-state index in [1.165, 1.54) is 0 Å². The van der Waals surface area contributed by atoms with Crippen molar-refractivity contribution in [3.63, 3.8) is 0 Å². The van der Waals surface area contributed by atoms with Crippen LogP contribution in [-0.2, 0) is 13.6 Å². The van der Waals surface area contributed by atoms with E-state index in [1.54, 1.807) is 0 Å². The Balaban J connectivity index is 1.68. The molecule has 1 unspecified atom stereocenters. The van der Waals surface area contributed by atoms with Crippen molar-refractivity contribution >= 4 is 5.96 Å². The summed E-state index contributed by atoms with van der Waals surface area (Å²) in [4.78, 5) is 4.42. The minimum absolute atomic E-state index is 0.142. The van der Waals surface area contributed by atoms with Crippen molar-refractivity contribution in [2.24, 2.45) is 17.8 Å². The topological polar surface area (TPSA) is 77.5 Å². The summed E-state index contributed by atoms with van der Waals surface area (Å²) in [7, 11) is 1.92. The first-order valence-electron chi connectivity index (χ1n) is 7.41. The van der Waals surface area contributed by atoms with Crippen LogP contribution < -0.4 is 15.8 Å². The van der Waals surface area contributed by atoms with Gasteiger partial charge in [0.2, 0.25) is 0 Å². The van der Waals surface area contributed by atoms with Crippen molar-refractivity contribution < 1.29 is 4.74 Å². The van der Waals surface area contributed by atoms with E-state index in [4.69, 9.17) is 10.5 Å². The van der Waals surface area contributed by atoms with E-state index in [-0.39, 0.29) is 6.04 Å². The molecule has 6 heteroatoms. The van der Waals surface area contributed by atoms with Crippen molar-refractivity contribution in [3.8, 4) is 5.75 Å². The molecule has 1 aromatic heterocycles. The van der Waals surface area contributed by atoms with Crippen LogP contribution in [0.1, 0.15) is 29.3 Å². The fourth-order valence-corrected chi connectivity index (χ4v) is 2.59. The van der Waals surface area contributed by atoms with Gasteiger partial charge in [-0.2, -0.15) is 5.10 Å². The molecule has 2 heterocycles. The number of para-hydroxylation sites is 1. The number of hydrogen-bond acceptors (Lipinski definition) is 3. The number of aromatic nitrogens is 2. The smallest absolute Gasteiger partial charge is 0.189 e. The van der Waals surface area contributed by atoms with E-state index in [0.29, 0.717) is 19.1 Å². The molecule has 0 amide bonds. The van der Waals surface area contributed by atoms with Gasteiger partial charge in [0.25, 0.3) is 0 Å². The Morgan fingerprint density at radius 1 is 1.50 bits per heavy atom. The van der Waals surface area contributed by atoms with Crippen LogP contribution in [0.5, 0.6) is 5.75 Å². The molecule has 0 aliphatic carbocycles. The highest BCUT2D eigenvalue weighted by atomic mass is 16.5. The maximum atomic E-state index is 6.04. The van der Waals surface area contributed by atoms with Crippen LogP contribution >= 0.6 is 0 Å². The van der Waals surface area contributed by atoms with Crippen LogP contribution in [0.4, 0.5) is 0 Å². The fraction of sp³-hybridized carbons (Fsp3) is 0.375. The summed E-state index contributed by atoms with van der Waals surface area (Å²) in [6, 6.07) is 8.17. The van der Waals surface area contributed by atoms with Gasteiger partial charge in [0.15, 0.2) is 5.96 Å². The number of benzene rings is 1. The average Bonchev–Trinajstić information content (AvgIpc) is 2.85. The van der Waals surface area contributed by atoms with Gasteiger partial charge in [0.05, 0.1) is 25.4 Å². The molecule has 0 radical (unpaired) electrons. The van der Waals surface area contributed by atoms with Crippen molar-refractivity contribution in [1.82, 2.24) is 15.1 Å². The molecule has 0 saturated heterocycles. The number of nitrogens with two attached hydrogens (primary N) is 1. The number of aryl methyl sites for hydroxylation is 1. The molecule has 22 heavy (non-hydrogen) atoms. The Labute approximate surface area is 130 Å². The lowest BCUT2D eigenvalue weighted by Gasteiger charge is -2.26. The highest BCUT2D eigenvalue weighted by molar-refractivity contribution is 5.78. The van der Waals surface area contributed by atoms with Crippen molar-refractivity contribution in [2.75, 3.05) is 6.61 Å². The summed E-state index contributed by atoms with van der Waals surface area (Å²) in [5.74, 6) is 1.37. The molecule has 1 aliphatic heterocycles. The van der Waals surface area contributed by atoms with E-state index in [2.05, 4.69) is 21.5 Å². The minimum Gasteiger partial charge on any atom is -0.493 e. The van der Waals surface area contributed by atoms with Crippen LogP contribution in [0.15, 0.2) is 35.5 Å². The fourth-order valence-electron chi connectivity index (χ4n) is 2.59. The summed E-state index contributed by atoms with van der Waals surface area (Å²) < 4.78 is 7.49. The van der Waals surface area contributed by atoms with Crippen molar-refractivity contribution in [1.29, 1.82) is 0 Å². The second kappa shape index (κ2) is 6.09. The zero-order chi connectivity index (χ0) is 15.5. The number of hydrogen-bond donors (Lipinski definition) is 2. The Morgan fingerprint density at radius 3 is 3.09 bits per heavy atom. The number of fused-ring (bicyclic) bond motifs is 1. The lowest BCUT2D eigenvalue weighted by molar-refractivity contribution is 0.262. The van der Waals surface area contributed by atoms with Gasteiger partial charge in [0.1, 0.15) is 5.75 Å². The third-order valence-electron chi connectivity index (χ3n) is 4.04. The second-order valence-electron chi connectivity index (χ2n) is 5.45. The van der Waals surface area contributed by atoms with Gasteiger partial charge < -0.3 is 15.8 Å².